The summed E-state index contributed by atoms with van der Waals surface area (Å²) in [5.41, 5.74) is 0.685. The van der Waals surface area contributed by atoms with E-state index in [-0.39, 0.29) is 22.9 Å². The standard InChI is InChI=1S/C23H31N3O4S/c1-4-26(20-10-6-5-7-11-20)31(28,29)21-12-8-9-19(17-21)22(27)24-18-23(2,3)25-13-15-30-16-14-25/h5-12,17H,4,13-16,18H2,1-3H3,(H,24,27). The third-order valence-electron chi connectivity index (χ3n) is 5.56. The van der Waals surface area contributed by atoms with Gasteiger partial charge in [-0.3, -0.25) is 14.0 Å². The maximum absolute atomic E-state index is 13.2. The molecule has 1 fully saturated rings. The molecule has 1 saturated heterocycles. The second kappa shape index (κ2) is 9.80. The van der Waals surface area contributed by atoms with Gasteiger partial charge in [0.15, 0.2) is 0 Å². The highest BCUT2D eigenvalue weighted by atomic mass is 32.2. The summed E-state index contributed by atoms with van der Waals surface area (Å²) in [7, 11) is -3.79. The molecule has 1 aliphatic rings. The SMILES string of the molecule is CCN(c1ccccc1)S(=O)(=O)c1cccc(C(=O)NCC(C)(C)N2CCOCC2)c1. The molecule has 2 aromatic carbocycles. The summed E-state index contributed by atoms with van der Waals surface area (Å²) in [6, 6.07) is 15.2. The number of anilines is 1. The van der Waals surface area contributed by atoms with Crippen molar-refractivity contribution < 1.29 is 17.9 Å². The molecule has 3 rings (SSSR count). The second-order valence-electron chi connectivity index (χ2n) is 8.13. The zero-order valence-corrected chi connectivity index (χ0v) is 19.2. The molecule has 7 nitrogen and oxygen atoms in total. The number of nitrogens with one attached hydrogen (secondary N) is 1. The number of hydrogen-bond donors (Lipinski definition) is 1. The topological polar surface area (TPSA) is 79.0 Å². The van der Waals surface area contributed by atoms with Gasteiger partial charge in [-0.05, 0) is 51.1 Å². The molecule has 0 aliphatic carbocycles. The molecule has 8 heteroatoms. The van der Waals surface area contributed by atoms with E-state index in [4.69, 9.17) is 4.74 Å². The number of morpholine rings is 1. The van der Waals surface area contributed by atoms with Crippen LogP contribution in [0, 0.1) is 0 Å². The molecule has 1 N–H and O–H groups in total. The van der Waals surface area contributed by atoms with E-state index in [1.165, 1.54) is 16.4 Å². The number of benzene rings is 2. The summed E-state index contributed by atoms with van der Waals surface area (Å²) in [4.78, 5) is 15.2. The van der Waals surface area contributed by atoms with Crippen molar-refractivity contribution in [2.45, 2.75) is 31.2 Å². The fraction of sp³-hybridized carbons (Fsp3) is 0.435. The van der Waals surface area contributed by atoms with E-state index in [0.29, 0.717) is 31.0 Å². The Bertz CT molecular complexity index is 987. The van der Waals surface area contributed by atoms with Crippen molar-refractivity contribution in [1.82, 2.24) is 10.2 Å². The molecule has 1 amide bonds. The van der Waals surface area contributed by atoms with Gasteiger partial charge in [0.25, 0.3) is 15.9 Å². The zero-order valence-electron chi connectivity index (χ0n) is 18.4. The van der Waals surface area contributed by atoms with Crippen molar-refractivity contribution in [3.63, 3.8) is 0 Å². The smallest absolute Gasteiger partial charge is 0.264 e. The second-order valence-corrected chi connectivity index (χ2v) is 9.99. The minimum Gasteiger partial charge on any atom is -0.379 e. The average Bonchev–Trinajstić information content (AvgIpc) is 2.79. The van der Waals surface area contributed by atoms with Crippen LogP contribution in [-0.2, 0) is 14.8 Å². The normalized spacial score (nSPS) is 15.5. The minimum absolute atomic E-state index is 0.0956. The van der Waals surface area contributed by atoms with Gasteiger partial charge in [0, 0.05) is 37.3 Å². The number of nitrogens with zero attached hydrogens (tertiary/aromatic N) is 2. The van der Waals surface area contributed by atoms with Crippen LogP contribution in [-0.4, -0.2) is 64.2 Å². The number of sulfonamides is 1. The van der Waals surface area contributed by atoms with Crippen molar-refractivity contribution in [3.05, 3.63) is 60.2 Å². The summed E-state index contributed by atoms with van der Waals surface area (Å²) < 4.78 is 33.2. The number of carbonyl (C=O) groups excluding carboxylic acids is 1. The maximum atomic E-state index is 13.2. The van der Waals surface area contributed by atoms with E-state index < -0.39 is 10.0 Å². The summed E-state index contributed by atoms with van der Waals surface area (Å²) >= 11 is 0. The van der Waals surface area contributed by atoms with Gasteiger partial charge >= 0.3 is 0 Å². The van der Waals surface area contributed by atoms with Gasteiger partial charge in [-0.2, -0.15) is 0 Å². The Labute approximate surface area is 185 Å². The van der Waals surface area contributed by atoms with E-state index in [0.717, 1.165) is 13.1 Å². The number of para-hydroxylation sites is 1. The number of amides is 1. The first kappa shape index (κ1) is 23.2. The van der Waals surface area contributed by atoms with Crippen LogP contribution in [0.3, 0.4) is 0 Å². The largest absolute Gasteiger partial charge is 0.379 e. The van der Waals surface area contributed by atoms with Crippen LogP contribution in [0.5, 0.6) is 0 Å². The lowest BCUT2D eigenvalue weighted by atomic mass is 10.0. The third kappa shape index (κ3) is 5.44. The summed E-state index contributed by atoms with van der Waals surface area (Å²) in [6.07, 6.45) is 0. The van der Waals surface area contributed by atoms with E-state index in [1.54, 1.807) is 43.3 Å². The Balaban J connectivity index is 1.75. The number of carbonyl (C=O) groups is 1. The van der Waals surface area contributed by atoms with Crippen molar-refractivity contribution in [1.29, 1.82) is 0 Å². The van der Waals surface area contributed by atoms with Crippen LogP contribution >= 0.6 is 0 Å². The third-order valence-corrected chi connectivity index (χ3v) is 7.46. The molecule has 168 valence electrons. The Morgan fingerprint density at radius 1 is 1.10 bits per heavy atom. The van der Waals surface area contributed by atoms with Gasteiger partial charge in [-0.15, -0.1) is 0 Å². The van der Waals surface area contributed by atoms with Crippen LogP contribution in [0.4, 0.5) is 5.69 Å². The Kier molecular flexibility index (Phi) is 7.35. The molecular formula is C23H31N3O4S. The average molecular weight is 446 g/mol. The van der Waals surface area contributed by atoms with Crippen LogP contribution in [0.2, 0.25) is 0 Å². The van der Waals surface area contributed by atoms with Crippen molar-refractivity contribution in [2.24, 2.45) is 0 Å². The highest BCUT2D eigenvalue weighted by Crippen LogP contribution is 2.24. The molecule has 0 saturated carbocycles. The number of ether oxygens (including phenoxy) is 1. The van der Waals surface area contributed by atoms with Gasteiger partial charge < -0.3 is 10.1 Å². The van der Waals surface area contributed by atoms with Crippen LogP contribution in [0.15, 0.2) is 59.5 Å². The first-order chi connectivity index (χ1) is 14.8. The molecule has 2 aromatic rings. The lowest BCUT2D eigenvalue weighted by Crippen LogP contribution is -2.55. The van der Waals surface area contributed by atoms with E-state index in [2.05, 4.69) is 24.1 Å². The van der Waals surface area contributed by atoms with Gasteiger partial charge in [0.1, 0.15) is 0 Å². The molecule has 1 heterocycles. The van der Waals surface area contributed by atoms with Crippen LogP contribution in [0.25, 0.3) is 0 Å². The molecule has 0 unspecified atom stereocenters. The van der Waals surface area contributed by atoms with Crippen molar-refractivity contribution in [3.8, 4) is 0 Å². The van der Waals surface area contributed by atoms with Gasteiger partial charge in [0.05, 0.1) is 23.8 Å². The Morgan fingerprint density at radius 3 is 2.42 bits per heavy atom. The highest BCUT2D eigenvalue weighted by molar-refractivity contribution is 7.92. The molecule has 0 atom stereocenters. The van der Waals surface area contributed by atoms with Crippen molar-refractivity contribution >= 4 is 21.6 Å². The van der Waals surface area contributed by atoms with Gasteiger partial charge in [0.2, 0.25) is 0 Å². The first-order valence-electron chi connectivity index (χ1n) is 10.5. The molecule has 31 heavy (non-hydrogen) atoms. The van der Waals surface area contributed by atoms with E-state index >= 15 is 0 Å². The lowest BCUT2D eigenvalue weighted by molar-refractivity contribution is -0.00923. The Morgan fingerprint density at radius 2 is 1.77 bits per heavy atom. The van der Waals surface area contributed by atoms with Crippen LogP contribution in [0.1, 0.15) is 31.1 Å². The summed E-state index contributed by atoms with van der Waals surface area (Å²) in [5.74, 6) is -0.291. The molecular weight excluding hydrogens is 414 g/mol. The first-order valence-corrected chi connectivity index (χ1v) is 12.0. The molecule has 0 aromatic heterocycles. The molecule has 1 aliphatic heterocycles. The van der Waals surface area contributed by atoms with Gasteiger partial charge in [-0.1, -0.05) is 24.3 Å². The Hall–Kier alpha value is -2.42. The number of hydrogen-bond acceptors (Lipinski definition) is 5. The van der Waals surface area contributed by atoms with E-state index in [9.17, 15) is 13.2 Å². The van der Waals surface area contributed by atoms with Gasteiger partial charge in [-0.25, -0.2) is 8.42 Å². The lowest BCUT2D eigenvalue weighted by Gasteiger charge is -2.40. The fourth-order valence-electron chi connectivity index (χ4n) is 3.69. The predicted molar refractivity (Wildman–Crippen MR) is 122 cm³/mol. The molecule has 0 spiro atoms. The maximum Gasteiger partial charge on any atom is 0.264 e. The molecule has 0 radical (unpaired) electrons. The van der Waals surface area contributed by atoms with Crippen LogP contribution < -0.4 is 9.62 Å². The highest BCUT2D eigenvalue weighted by Gasteiger charge is 2.29. The monoisotopic (exact) mass is 445 g/mol. The van der Waals surface area contributed by atoms with Crippen molar-refractivity contribution in [2.75, 3.05) is 43.7 Å². The minimum atomic E-state index is -3.79. The number of rotatable bonds is 8. The van der Waals surface area contributed by atoms with E-state index in [1.807, 2.05) is 6.07 Å². The predicted octanol–water partition coefficient (Wildman–Crippen LogP) is 2.74. The molecule has 0 bridgehead atoms. The summed E-state index contributed by atoms with van der Waals surface area (Å²) in [6.45, 7) is 9.71. The quantitative estimate of drug-likeness (QED) is 0.676. The summed E-state index contributed by atoms with van der Waals surface area (Å²) in [5, 5.41) is 2.96. The fourth-order valence-corrected chi connectivity index (χ4v) is 5.21. The zero-order chi connectivity index (χ0) is 22.5.